The first kappa shape index (κ1) is 14.9. The van der Waals surface area contributed by atoms with Gasteiger partial charge in [0.15, 0.2) is 0 Å². The second-order valence-corrected chi connectivity index (χ2v) is 5.40. The van der Waals surface area contributed by atoms with E-state index in [1.165, 1.54) is 5.56 Å². The number of rotatable bonds is 6. The Kier molecular flexibility index (Phi) is 5.45. The van der Waals surface area contributed by atoms with Crippen molar-refractivity contribution in [2.75, 3.05) is 6.61 Å². The first-order valence-electron chi connectivity index (χ1n) is 6.86. The third-order valence-electron chi connectivity index (χ3n) is 3.07. The van der Waals surface area contributed by atoms with Crippen LogP contribution in [-0.4, -0.2) is 12.6 Å². The minimum atomic E-state index is 0.0879. The maximum absolute atomic E-state index is 6.23. The van der Waals surface area contributed by atoms with Crippen LogP contribution in [0.5, 0.6) is 5.75 Å². The number of hydrogen-bond acceptors (Lipinski definition) is 2. The Bertz CT molecular complexity index is 540. The molecule has 0 saturated carbocycles. The van der Waals surface area contributed by atoms with E-state index in [0.29, 0.717) is 11.6 Å². The van der Waals surface area contributed by atoms with E-state index in [-0.39, 0.29) is 6.04 Å². The molecule has 0 saturated heterocycles. The van der Waals surface area contributed by atoms with Gasteiger partial charge in [-0.3, -0.25) is 0 Å². The summed E-state index contributed by atoms with van der Waals surface area (Å²) in [6, 6.07) is 16.2. The van der Waals surface area contributed by atoms with E-state index in [1.54, 1.807) is 0 Å². The van der Waals surface area contributed by atoms with Crippen LogP contribution < -0.4 is 10.5 Å². The minimum absolute atomic E-state index is 0.0879. The van der Waals surface area contributed by atoms with Gasteiger partial charge in [0.25, 0.3) is 0 Å². The number of halogens is 1. The van der Waals surface area contributed by atoms with Crippen LogP contribution in [-0.2, 0) is 12.8 Å². The second kappa shape index (κ2) is 7.32. The van der Waals surface area contributed by atoms with E-state index >= 15 is 0 Å². The van der Waals surface area contributed by atoms with Crippen molar-refractivity contribution in [1.29, 1.82) is 0 Å². The van der Waals surface area contributed by atoms with Crippen molar-refractivity contribution in [2.24, 2.45) is 5.73 Å². The summed E-state index contributed by atoms with van der Waals surface area (Å²) >= 11 is 6.23. The largest absolute Gasteiger partial charge is 0.491 e. The summed E-state index contributed by atoms with van der Waals surface area (Å²) in [6.07, 6.45) is 1.63. The van der Waals surface area contributed by atoms with Crippen molar-refractivity contribution < 1.29 is 4.74 Å². The van der Waals surface area contributed by atoms with E-state index in [1.807, 2.05) is 43.3 Å². The van der Waals surface area contributed by atoms with Gasteiger partial charge in [-0.1, -0.05) is 54.1 Å². The lowest BCUT2D eigenvalue weighted by atomic mass is 10.1. The zero-order valence-corrected chi connectivity index (χ0v) is 12.4. The molecule has 0 aliphatic carbocycles. The van der Waals surface area contributed by atoms with E-state index < -0.39 is 0 Å². The molecule has 0 aromatic heterocycles. The zero-order chi connectivity index (χ0) is 14.4. The Morgan fingerprint density at radius 2 is 1.85 bits per heavy atom. The second-order valence-electron chi connectivity index (χ2n) is 4.99. The van der Waals surface area contributed by atoms with E-state index in [9.17, 15) is 0 Å². The van der Waals surface area contributed by atoms with Crippen LogP contribution in [0.2, 0.25) is 5.02 Å². The Morgan fingerprint density at radius 3 is 2.55 bits per heavy atom. The first-order chi connectivity index (χ1) is 9.66. The predicted molar refractivity (Wildman–Crippen MR) is 84.4 cm³/mol. The average molecular weight is 290 g/mol. The highest BCUT2D eigenvalue weighted by Crippen LogP contribution is 2.29. The van der Waals surface area contributed by atoms with Crippen LogP contribution in [0.25, 0.3) is 0 Å². The van der Waals surface area contributed by atoms with Crippen molar-refractivity contribution in [1.82, 2.24) is 0 Å². The number of ether oxygens (including phenoxy) is 1. The molecule has 0 radical (unpaired) electrons. The van der Waals surface area contributed by atoms with Gasteiger partial charge < -0.3 is 10.5 Å². The minimum Gasteiger partial charge on any atom is -0.491 e. The van der Waals surface area contributed by atoms with Crippen molar-refractivity contribution >= 4 is 11.6 Å². The standard InChI is InChI=1S/C17H20ClNO/c1-13(19)12-15-8-5-9-16(18)17(15)20-11-10-14-6-3-2-4-7-14/h2-9,13H,10-12,19H2,1H3. The third-order valence-corrected chi connectivity index (χ3v) is 3.37. The summed E-state index contributed by atoms with van der Waals surface area (Å²) in [5.74, 6) is 0.766. The summed E-state index contributed by atoms with van der Waals surface area (Å²) in [5.41, 5.74) is 8.19. The highest BCUT2D eigenvalue weighted by atomic mass is 35.5. The summed E-state index contributed by atoms with van der Waals surface area (Å²) in [4.78, 5) is 0. The van der Waals surface area contributed by atoms with Crippen LogP contribution in [0.3, 0.4) is 0 Å². The van der Waals surface area contributed by atoms with Gasteiger partial charge >= 0.3 is 0 Å². The molecule has 1 unspecified atom stereocenters. The van der Waals surface area contributed by atoms with E-state index in [0.717, 1.165) is 24.2 Å². The molecule has 2 aromatic rings. The van der Waals surface area contributed by atoms with Gasteiger partial charge in [-0.05, 0) is 30.5 Å². The van der Waals surface area contributed by atoms with Crippen LogP contribution in [0.1, 0.15) is 18.1 Å². The van der Waals surface area contributed by atoms with Crippen LogP contribution in [0, 0.1) is 0 Å². The molecular formula is C17H20ClNO. The maximum Gasteiger partial charge on any atom is 0.141 e. The van der Waals surface area contributed by atoms with Crippen molar-refractivity contribution in [3.8, 4) is 5.75 Å². The summed E-state index contributed by atoms with van der Waals surface area (Å²) in [7, 11) is 0. The predicted octanol–water partition coefficient (Wildman–Crippen LogP) is 3.85. The number of para-hydroxylation sites is 1. The van der Waals surface area contributed by atoms with Gasteiger partial charge in [-0.2, -0.15) is 0 Å². The van der Waals surface area contributed by atoms with Crippen LogP contribution >= 0.6 is 11.6 Å². The molecule has 0 amide bonds. The quantitative estimate of drug-likeness (QED) is 0.876. The monoisotopic (exact) mass is 289 g/mol. The molecule has 0 aliphatic rings. The molecule has 0 fully saturated rings. The van der Waals surface area contributed by atoms with Gasteiger partial charge in [-0.25, -0.2) is 0 Å². The Labute approximate surface area is 125 Å². The lowest BCUT2D eigenvalue weighted by Crippen LogP contribution is -2.18. The number of benzene rings is 2. The molecule has 3 heteroatoms. The van der Waals surface area contributed by atoms with Crippen molar-refractivity contribution in [3.05, 3.63) is 64.7 Å². The molecular weight excluding hydrogens is 270 g/mol. The molecule has 0 heterocycles. The zero-order valence-electron chi connectivity index (χ0n) is 11.7. The molecule has 2 N–H and O–H groups in total. The van der Waals surface area contributed by atoms with Crippen LogP contribution in [0.15, 0.2) is 48.5 Å². The Balaban J connectivity index is 2.01. The molecule has 20 heavy (non-hydrogen) atoms. The molecule has 0 spiro atoms. The van der Waals surface area contributed by atoms with Gasteiger partial charge in [0.1, 0.15) is 5.75 Å². The lowest BCUT2D eigenvalue weighted by Gasteiger charge is -2.14. The third kappa shape index (κ3) is 4.26. The van der Waals surface area contributed by atoms with Crippen LogP contribution in [0.4, 0.5) is 0 Å². The number of hydrogen-bond donors (Lipinski definition) is 1. The lowest BCUT2D eigenvalue weighted by molar-refractivity contribution is 0.318. The molecule has 0 aliphatic heterocycles. The smallest absolute Gasteiger partial charge is 0.141 e. The molecule has 2 nitrogen and oxygen atoms in total. The molecule has 2 aromatic carbocycles. The summed E-state index contributed by atoms with van der Waals surface area (Å²) < 4.78 is 5.89. The fraction of sp³-hybridized carbons (Fsp3) is 0.294. The molecule has 106 valence electrons. The summed E-state index contributed by atoms with van der Waals surface area (Å²) in [6.45, 7) is 2.59. The highest BCUT2D eigenvalue weighted by Gasteiger charge is 2.10. The first-order valence-corrected chi connectivity index (χ1v) is 7.24. The average Bonchev–Trinajstić information content (AvgIpc) is 2.42. The fourth-order valence-electron chi connectivity index (χ4n) is 2.14. The van der Waals surface area contributed by atoms with Gasteiger partial charge in [0.2, 0.25) is 0 Å². The maximum atomic E-state index is 6.23. The Hall–Kier alpha value is -1.51. The molecule has 0 bridgehead atoms. The molecule has 1 atom stereocenters. The topological polar surface area (TPSA) is 35.2 Å². The normalized spacial score (nSPS) is 12.2. The van der Waals surface area contributed by atoms with Gasteiger partial charge in [0, 0.05) is 12.5 Å². The van der Waals surface area contributed by atoms with E-state index in [2.05, 4.69) is 12.1 Å². The van der Waals surface area contributed by atoms with Gasteiger partial charge in [-0.15, -0.1) is 0 Å². The number of nitrogens with two attached hydrogens (primary N) is 1. The summed E-state index contributed by atoms with van der Waals surface area (Å²) in [5, 5.41) is 0.649. The Morgan fingerprint density at radius 1 is 1.10 bits per heavy atom. The SMILES string of the molecule is CC(N)Cc1cccc(Cl)c1OCCc1ccccc1. The van der Waals surface area contributed by atoms with Gasteiger partial charge in [0.05, 0.1) is 11.6 Å². The molecule has 2 rings (SSSR count). The van der Waals surface area contributed by atoms with Crippen molar-refractivity contribution in [2.45, 2.75) is 25.8 Å². The highest BCUT2D eigenvalue weighted by molar-refractivity contribution is 6.32. The fourth-order valence-corrected chi connectivity index (χ4v) is 2.39. The van der Waals surface area contributed by atoms with Crippen molar-refractivity contribution in [3.63, 3.8) is 0 Å². The van der Waals surface area contributed by atoms with E-state index in [4.69, 9.17) is 22.1 Å².